The van der Waals surface area contributed by atoms with Crippen LogP contribution in [-0.2, 0) is 5.54 Å². The monoisotopic (exact) mass is 540 g/mol. The molecule has 0 atom stereocenters. The summed E-state index contributed by atoms with van der Waals surface area (Å²) < 4.78 is 15.2. The number of nitrogens with zero attached hydrogens (tertiary/aromatic N) is 2. The first kappa shape index (κ1) is 26.1. The van der Waals surface area contributed by atoms with Gasteiger partial charge in [0.2, 0.25) is 0 Å². The van der Waals surface area contributed by atoms with E-state index in [1.54, 1.807) is 47.0 Å². The maximum absolute atomic E-state index is 13.5. The first-order valence-corrected chi connectivity index (χ1v) is 12.7. The van der Waals surface area contributed by atoms with Gasteiger partial charge in [0, 0.05) is 35.0 Å². The quantitative estimate of drug-likeness (QED) is 0.259. The Bertz CT molecular complexity index is 1700. The third-order valence-electron chi connectivity index (χ3n) is 6.64. The van der Waals surface area contributed by atoms with Gasteiger partial charge in [0.25, 0.3) is 11.8 Å². The van der Waals surface area contributed by atoms with E-state index in [1.165, 1.54) is 19.2 Å². The van der Waals surface area contributed by atoms with Crippen molar-refractivity contribution >= 4 is 29.1 Å². The third-order valence-corrected chi connectivity index (χ3v) is 6.97. The molecule has 196 valence electrons. The molecule has 2 N–H and O–H groups in total. The lowest BCUT2D eigenvalue weighted by atomic mass is 9.93. The van der Waals surface area contributed by atoms with E-state index in [0.717, 1.165) is 5.56 Å². The summed E-state index contributed by atoms with van der Waals surface area (Å²) in [4.78, 5) is 30.8. The molecular weight excluding hydrogens is 515 g/mol. The molecule has 2 amide bonds. The Morgan fingerprint density at radius 3 is 2.28 bits per heavy atom. The van der Waals surface area contributed by atoms with E-state index in [4.69, 9.17) is 11.6 Å². The normalized spacial score (nSPS) is 11.4. The number of carbonyl (C=O) groups excluding carboxylic acids is 2. The van der Waals surface area contributed by atoms with Gasteiger partial charge in [-0.2, -0.15) is 0 Å². The van der Waals surface area contributed by atoms with Gasteiger partial charge in [-0.05, 0) is 79.6 Å². The van der Waals surface area contributed by atoms with Crippen molar-refractivity contribution in [1.29, 1.82) is 0 Å². The summed E-state index contributed by atoms with van der Waals surface area (Å²) in [6, 6.07) is 24.3. The zero-order valence-electron chi connectivity index (χ0n) is 21.6. The van der Waals surface area contributed by atoms with Crippen LogP contribution in [0.15, 0.2) is 91.1 Å². The average Bonchev–Trinajstić information content (AvgIpc) is 3.32. The Morgan fingerprint density at radius 2 is 1.59 bits per heavy atom. The van der Waals surface area contributed by atoms with Crippen molar-refractivity contribution in [3.63, 3.8) is 0 Å². The van der Waals surface area contributed by atoms with Crippen LogP contribution in [0, 0.1) is 5.82 Å². The van der Waals surface area contributed by atoms with Crippen molar-refractivity contribution in [3.8, 4) is 22.4 Å². The zero-order valence-corrected chi connectivity index (χ0v) is 22.4. The Kier molecular flexibility index (Phi) is 6.93. The smallest absolute Gasteiger partial charge is 0.270 e. The topological polar surface area (TPSA) is 75.5 Å². The fraction of sp³-hybridized carbons (Fsp3) is 0.129. The van der Waals surface area contributed by atoms with Crippen LogP contribution in [0.25, 0.3) is 28.0 Å². The second kappa shape index (κ2) is 10.3. The van der Waals surface area contributed by atoms with Gasteiger partial charge in [-0.25, -0.2) is 9.37 Å². The molecule has 0 saturated heterocycles. The van der Waals surface area contributed by atoms with Crippen LogP contribution in [0.5, 0.6) is 0 Å². The van der Waals surface area contributed by atoms with E-state index in [0.29, 0.717) is 44.3 Å². The standard InChI is InChI=1S/C31H26ClFN4O2/c1-31(2,22-7-5-4-6-8-22)36-29(38)20-11-15-25(32)24(17-20)21-12-16-26-35-27(19-9-13-23(33)14-10-19)28(30(39)34-3)37(26)18-21/h4-18H,1-3H3,(H,34,39)(H,36,38). The van der Waals surface area contributed by atoms with Crippen LogP contribution >= 0.6 is 11.6 Å². The van der Waals surface area contributed by atoms with Gasteiger partial charge in [-0.3, -0.25) is 14.0 Å². The van der Waals surface area contributed by atoms with Gasteiger partial charge in [0.05, 0.1) is 5.54 Å². The molecule has 0 fully saturated rings. The minimum Gasteiger partial charge on any atom is -0.354 e. The highest BCUT2D eigenvalue weighted by Crippen LogP contribution is 2.32. The largest absolute Gasteiger partial charge is 0.354 e. The summed E-state index contributed by atoms with van der Waals surface area (Å²) in [5, 5.41) is 6.21. The van der Waals surface area contributed by atoms with Gasteiger partial charge < -0.3 is 10.6 Å². The highest BCUT2D eigenvalue weighted by atomic mass is 35.5. The van der Waals surface area contributed by atoms with E-state index >= 15 is 0 Å². The number of hydrogen-bond donors (Lipinski definition) is 2. The van der Waals surface area contributed by atoms with Gasteiger partial charge in [-0.1, -0.05) is 41.9 Å². The second-order valence-corrected chi connectivity index (χ2v) is 10.1. The Balaban J connectivity index is 1.55. The number of aromatic nitrogens is 2. The fourth-order valence-corrected chi connectivity index (χ4v) is 4.75. The van der Waals surface area contributed by atoms with E-state index in [9.17, 15) is 14.0 Å². The van der Waals surface area contributed by atoms with Crippen molar-refractivity contribution in [2.75, 3.05) is 7.05 Å². The number of halogens is 2. The molecule has 2 aromatic heterocycles. The SMILES string of the molecule is CNC(=O)c1c(-c2ccc(F)cc2)nc2ccc(-c3cc(C(=O)NC(C)(C)c4ccccc4)ccc3Cl)cn12. The number of imidazole rings is 1. The molecule has 0 radical (unpaired) electrons. The first-order valence-electron chi connectivity index (χ1n) is 12.4. The zero-order chi connectivity index (χ0) is 27.7. The Morgan fingerprint density at radius 1 is 0.897 bits per heavy atom. The maximum Gasteiger partial charge on any atom is 0.270 e. The summed E-state index contributed by atoms with van der Waals surface area (Å²) in [5.74, 6) is -0.964. The molecule has 0 aliphatic rings. The number of nitrogens with one attached hydrogen (secondary N) is 2. The summed E-state index contributed by atoms with van der Waals surface area (Å²) in [5.41, 5.74) is 4.03. The predicted octanol–water partition coefficient (Wildman–Crippen LogP) is 6.49. The highest BCUT2D eigenvalue weighted by Gasteiger charge is 2.24. The minimum atomic E-state index is -0.590. The lowest BCUT2D eigenvalue weighted by Crippen LogP contribution is -2.40. The van der Waals surface area contributed by atoms with Crippen LogP contribution in [-0.4, -0.2) is 28.2 Å². The molecular formula is C31H26ClFN4O2. The van der Waals surface area contributed by atoms with Crippen molar-refractivity contribution in [1.82, 2.24) is 20.0 Å². The Hall–Kier alpha value is -4.49. The van der Waals surface area contributed by atoms with Crippen LogP contribution in [0.2, 0.25) is 5.02 Å². The number of amides is 2. The molecule has 5 rings (SSSR count). The molecule has 0 saturated carbocycles. The molecule has 0 aliphatic heterocycles. The van der Waals surface area contributed by atoms with Gasteiger partial charge in [-0.15, -0.1) is 0 Å². The molecule has 39 heavy (non-hydrogen) atoms. The van der Waals surface area contributed by atoms with E-state index in [2.05, 4.69) is 15.6 Å². The number of rotatable bonds is 6. The van der Waals surface area contributed by atoms with Crippen LogP contribution in [0.3, 0.4) is 0 Å². The molecule has 0 bridgehead atoms. The molecule has 6 nitrogen and oxygen atoms in total. The van der Waals surface area contributed by atoms with Crippen LogP contribution in [0.4, 0.5) is 4.39 Å². The van der Waals surface area contributed by atoms with Crippen molar-refractivity contribution in [2.24, 2.45) is 0 Å². The lowest BCUT2D eigenvalue weighted by Gasteiger charge is -2.27. The molecule has 0 spiro atoms. The number of fused-ring (bicyclic) bond motifs is 1. The maximum atomic E-state index is 13.5. The first-order chi connectivity index (χ1) is 18.7. The molecule has 5 aromatic rings. The van der Waals surface area contributed by atoms with E-state index in [1.807, 2.05) is 50.2 Å². The van der Waals surface area contributed by atoms with Crippen LogP contribution < -0.4 is 10.6 Å². The third kappa shape index (κ3) is 5.13. The highest BCUT2D eigenvalue weighted by molar-refractivity contribution is 6.33. The number of benzene rings is 3. The van der Waals surface area contributed by atoms with Crippen molar-refractivity contribution < 1.29 is 14.0 Å². The van der Waals surface area contributed by atoms with Crippen molar-refractivity contribution in [2.45, 2.75) is 19.4 Å². The molecule has 8 heteroatoms. The van der Waals surface area contributed by atoms with E-state index < -0.39 is 5.54 Å². The predicted molar refractivity (Wildman–Crippen MR) is 151 cm³/mol. The molecule has 0 aliphatic carbocycles. The lowest BCUT2D eigenvalue weighted by molar-refractivity contribution is 0.0910. The molecule has 2 heterocycles. The number of pyridine rings is 1. The number of carbonyl (C=O) groups is 2. The molecule has 3 aromatic carbocycles. The summed E-state index contributed by atoms with van der Waals surface area (Å²) in [6.07, 6.45) is 1.76. The van der Waals surface area contributed by atoms with Crippen molar-refractivity contribution in [3.05, 3.63) is 119 Å². The fourth-order valence-electron chi connectivity index (χ4n) is 4.52. The summed E-state index contributed by atoms with van der Waals surface area (Å²) >= 11 is 6.59. The second-order valence-electron chi connectivity index (χ2n) is 9.68. The van der Waals surface area contributed by atoms with E-state index in [-0.39, 0.29) is 17.6 Å². The summed E-state index contributed by atoms with van der Waals surface area (Å²) in [6.45, 7) is 3.89. The van der Waals surface area contributed by atoms with Gasteiger partial charge >= 0.3 is 0 Å². The van der Waals surface area contributed by atoms with Gasteiger partial charge in [0.1, 0.15) is 22.9 Å². The average molecular weight is 541 g/mol. The molecule has 0 unspecified atom stereocenters. The van der Waals surface area contributed by atoms with Crippen LogP contribution in [0.1, 0.15) is 40.3 Å². The number of hydrogen-bond acceptors (Lipinski definition) is 3. The minimum absolute atomic E-state index is 0.241. The Labute approximate surface area is 230 Å². The summed E-state index contributed by atoms with van der Waals surface area (Å²) in [7, 11) is 1.54. The van der Waals surface area contributed by atoms with Gasteiger partial charge in [0.15, 0.2) is 0 Å².